The lowest BCUT2D eigenvalue weighted by atomic mass is 10.0. The van der Waals surface area contributed by atoms with Crippen molar-refractivity contribution in [1.82, 2.24) is 5.32 Å². The van der Waals surface area contributed by atoms with Crippen molar-refractivity contribution >= 4 is 18.0 Å². The highest BCUT2D eigenvalue weighted by atomic mass is 32.2. The van der Waals surface area contributed by atoms with Crippen molar-refractivity contribution in [1.29, 1.82) is 0 Å². The van der Waals surface area contributed by atoms with Gasteiger partial charge in [-0.1, -0.05) is 6.58 Å². The van der Waals surface area contributed by atoms with Crippen molar-refractivity contribution in [2.24, 2.45) is 0 Å². The fourth-order valence-electron chi connectivity index (χ4n) is 1.33. The molecule has 1 heterocycles. The van der Waals surface area contributed by atoms with Gasteiger partial charge in [-0.15, -0.1) is 11.8 Å². The zero-order valence-corrected chi connectivity index (χ0v) is 8.75. The van der Waals surface area contributed by atoms with Gasteiger partial charge >= 0.3 is 0 Å². The summed E-state index contributed by atoms with van der Waals surface area (Å²) in [6, 6.07) is 0. The molecule has 0 amide bonds. The minimum absolute atomic E-state index is 0.757. The van der Waals surface area contributed by atoms with Crippen LogP contribution in [-0.4, -0.2) is 19.1 Å². The lowest BCUT2D eigenvalue weighted by Crippen LogP contribution is -2.10. The molecular formula is C10H15NOS. The Morgan fingerprint density at radius 3 is 2.92 bits per heavy atom. The predicted octanol–water partition coefficient (Wildman–Crippen LogP) is 2.09. The zero-order chi connectivity index (χ0) is 9.68. The third-order valence-corrected chi connectivity index (χ3v) is 3.30. The third-order valence-electron chi connectivity index (χ3n) is 2.09. The minimum atomic E-state index is 0.757. The summed E-state index contributed by atoms with van der Waals surface area (Å²) in [6.45, 7) is 3.92. The first-order valence-corrected chi connectivity index (χ1v) is 5.46. The third kappa shape index (κ3) is 2.62. The molecule has 1 rings (SSSR count). The van der Waals surface area contributed by atoms with Gasteiger partial charge in [0, 0.05) is 12.6 Å². The number of carbonyl (C=O) groups excluding carboxylic acids is 1. The van der Waals surface area contributed by atoms with Crippen LogP contribution in [0, 0.1) is 0 Å². The fraction of sp³-hybridized carbons (Fsp3) is 0.500. The van der Waals surface area contributed by atoms with Crippen LogP contribution in [0.2, 0.25) is 0 Å². The van der Waals surface area contributed by atoms with Gasteiger partial charge in [0.05, 0.1) is 5.03 Å². The maximum absolute atomic E-state index is 10.8. The van der Waals surface area contributed by atoms with Gasteiger partial charge in [-0.05, 0) is 30.6 Å². The van der Waals surface area contributed by atoms with Crippen LogP contribution in [0.5, 0.6) is 0 Å². The predicted molar refractivity (Wildman–Crippen MR) is 57.6 cm³/mol. The van der Waals surface area contributed by atoms with Gasteiger partial charge in [0.25, 0.3) is 0 Å². The molecule has 72 valence electrons. The quantitative estimate of drug-likeness (QED) is 0.687. The summed E-state index contributed by atoms with van der Waals surface area (Å²) in [5, 5.41) is 4.03. The lowest BCUT2D eigenvalue weighted by Gasteiger charge is -2.15. The van der Waals surface area contributed by atoms with Gasteiger partial charge in [-0.3, -0.25) is 4.79 Å². The van der Waals surface area contributed by atoms with E-state index in [4.69, 9.17) is 0 Å². The normalized spacial score (nSPS) is 24.8. The molecule has 2 nitrogen and oxygen atoms in total. The molecule has 0 fully saturated rings. The Labute approximate surface area is 83.5 Å². The second kappa shape index (κ2) is 5.12. The van der Waals surface area contributed by atoms with E-state index in [1.54, 1.807) is 11.8 Å². The SMILES string of the molecule is C=C1CCCCS/C(NC)=C\1C=O. The Kier molecular flexibility index (Phi) is 4.09. The van der Waals surface area contributed by atoms with Crippen LogP contribution in [0.3, 0.4) is 0 Å². The van der Waals surface area contributed by atoms with Crippen LogP contribution in [0.4, 0.5) is 0 Å². The molecule has 0 bridgehead atoms. The van der Waals surface area contributed by atoms with Crippen LogP contribution < -0.4 is 5.32 Å². The molecule has 1 aliphatic rings. The van der Waals surface area contributed by atoms with Crippen LogP contribution in [0.25, 0.3) is 0 Å². The Balaban J connectivity index is 2.92. The molecular weight excluding hydrogens is 182 g/mol. The van der Waals surface area contributed by atoms with Gasteiger partial charge in [-0.25, -0.2) is 0 Å². The van der Waals surface area contributed by atoms with Gasteiger partial charge in [0.1, 0.15) is 0 Å². The molecule has 13 heavy (non-hydrogen) atoms. The summed E-state index contributed by atoms with van der Waals surface area (Å²) < 4.78 is 0. The Hall–Kier alpha value is -0.700. The minimum Gasteiger partial charge on any atom is -0.382 e. The number of rotatable bonds is 2. The first-order chi connectivity index (χ1) is 6.29. The van der Waals surface area contributed by atoms with Gasteiger partial charge in [0.2, 0.25) is 0 Å². The zero-order valence-electron chi connectivity index (χ0n) is 7.93. The van der Waals surface area contributed by atoms with Crippen molar-refractivity contribution in [3.63, 3.8) is 0 Å². The molecule has 0 radical (unpaired) electrons. The molecule has 0 unspecified atom stereocenters. The first-order valence-electron chi connectivity index (χ1n) is 4.47. The average Bonchev–Trinajstić information content (AvgIpc) is 2.12. The van der Waals surface area contributed by atoms with E-state index in [0.29, 0.717) is 0 Å². The summed E-state index contributed by atoms with van der Waals surface area (Å²) in [7, 11) is 1.85. The summed E-state index contributed by atoms with van der Waals surface area (Å²) in [5.41, 5.74) is 1.72. The molecule has 0 saturated carbocycles. The molecule has 0 aromatic rings. The highest BCUT2D eigenvalue weighted by molar-refractivity contribution is 8.03. The van der Waals surface area contributed by atoms with E-state index in [-0.39, 0.29) is 0 Å². The Morgan fingerprint density at radius 2 is 2.31 bits per heavy atom. The van der Waals surface area contributed by atoms with Crippen molar-refractivity contribution in [3.05, 3.63) is 22.8 Å². The van der Waals surface area contributed by atoms with Crippen molar-refractivity contribution in [2.75, 3.05) is 12.8 Å². The summed E-state index contributed by atoms with van der Waals surface area (Å²) in [5.74, 6) is 1.08. The van der Waals surface area contributed by atoms with Crippen LogP contribution in [-0.2, 0) is 4.79 Å². The number of nitrogens with one attached hydrogen (secondary N) is 1. The number of allylic oxidation sites excluding steroid dienone is 2. The largest absolute Gasteiger partial charge is 0.382 e. The molecule has 0 aliphatic carbocycles. The Morgan fingerprint density at radius 1 is 1.54 bits per heavy atom. The topological polar surface area (TPSA) is 29.1 Å². The summed E-state index contributed by atoms with van der Waals surface area (Å²) in [6.07, 6.45) is 4.19. The molecule has 0 aromatic carbocycles. The van der Waals surface area contributed by atoms with E-state index in [1.807, 2.05) is 7.05 Å². The highest BCUT2D eigenvalue weighted by Crippen LogP contribution is 2.27. The Bertz CT molecular complexity index is 245. The first kappa shape index (κ1) is 10.4. The van der Waals surface area contributed by atoms with Crippen LogP contribution in [0.15, 0.2) is 22.8 Å². The number of hydrogen-bond donors (Lipinski definition) is 1. The molecule has 1 aliphatic heterocycles. The number of carbonyl (C=O) groups is 1. The van der Waals surface area contributed by atoms with Gasteiger partial charge in [-0.2, -0.15) is 0 Å². The average molecular weight is 197 g/mol. The molecule has 0 aromatic heterocycles. The molecule has 0 atom stereocenters. The monoisotopic (exact) mass is 197 g/mol. The molecule has 0 spiro atoms. The smallest absolute Gasteiger partial charge is 0.152 e. The maximum Gasteiger partial charge on any atom is 0.152 e. The van der Waals surface area contributed by atoms with E-state index in [0.717, 1.165) is 41.1 Å². The van der Waals surface area contributed by atoms with E-state index in [1.165, 1.54) is 6.42 Å². The van der Waals surface area contributed by atoms with Gasteiger partial charge in [0.15, 0.2) is 6.29 Å². The van der Waals surface area contributed by atoms with E-state index in [2.05, 4.69) is 11.9 Å². The molecule has 0 saturated heterocycles. The van der Waals surface area contributed by atoms with Crippen LogP contribution >= 0.6 is 11.8 Å². The second-order valence-electron chi connectivity index (χ2n) is 3.02. The fourth-order valence-corrected chi connectivity index (χ4v) is 2.38. The number of aldehydes is 1. The van der Waals surface area contributed by atoms with Crippen LogP contribution in [0.1, 0.15) is 19.3 Å². The summed E-state index contributed by atoms with van der Waals surface area (Å²) in [4.78, 5) is 10.8. The molecule has 3 heteroatoms. The number of thioether (sulfide) groups is 1. The molecule has 1 N–H and O–H groups in total. The maximum atomic E-state index is 10.8. The van der Waals surface area contributed by atoms with Gasteiger partial charge < -0.3 is 5.32 Å². The number of hydrogen-bond acceptors (Lipinski definition) is 3. The van der Waals surface area contributed by atoms with Crippen molar-refractivity contribution in [3.8, 4) is 0 Å². The van der Waals surface area contributed by atoms with E-state index >= 15 is 0 Å². The van der Waals surface area contributed by atoms with E-state index in [9.17, 15) is 4.79 Å². The second-order valence-corrected chi connectivity index (χ2v) is 4.12. The standard InChI is InChI=1S/C10H15NOS/c1-8-5-3-4-6-13-10(11-2)9(8)7-12/h7,11H,1,3-6H2,2H3/b10-9-. The van der Waals surface area contributed by atoms with Crippen molar-refractivity contribution < 1.29 is 4.79 Å². The van der Waals surface area contributed by atoms with Crippen molar-refractivity contribution in [2.45, 2.75) is 19.3 Å². The lowest BCUT2D eigenvalue weighted by molar-refractivity contribution is -0.104. The van der Waals surface area contributed by atoms with E-state index < -0.39 is 0 Å². The summed E-state index contributed by atoms with van der Waals surface area (Å²) >= 11 is 1.71. The highest BCUT2D eigenvalue weighted by Gasteiger charge is 2.11.